The summed E-state index contributed by atoms with van der Waals surface area (Å²) in [6.07, 6.45) is 6.50. The number of rotatable bonds is 7. The third-order valence-corrected chi connectivity index (χ3v) is 4.20. The number of carbonyl (C=O) groups excluding carboxylic acids is 1. The van der Waals surface area contributed by atoms with E-state index in [1.165, 1.54) is 12.8 Å². The van der Waals surface area contributed by atoms with Gasteiger partial charge in [0, 0.05) is 18.5 Å². The molecule has 106 valence electrons. The van der Waals surface area contributed by atoms with Crippen molar-refractivity contribution in [2.24, 2.45) is 17.1 Å². The van der Waals surface area contributed by atoms with E-state index in [1.54, 1.807) is 0 Å². The molecule has 18 heavy (non-hydrogen) atoms. The van der Waals surface area contributed by atoms with Crippen LogP contribution < -0.4 is 5.73 Å². The van der Waals surface area contributed by atoms with Crippen LogP contribution in [-0.2, 0) is 4.79 Å². The van der Waals surface area contributed by atoms with Crippen LogP contribution in [0.15, 0.2) is 0 Å². The van der Waals surface area contributed by atoms with E-state index in [4.69, 9.17) is 5.73 Å². The second-order valence-electron chi connectivity index (χ2n) is 6.13. The van der Waals surface area contributed by atoms with Crippen LogP contribution in [0, 0.1) is 11.3 Å². The molecule has 0 aliphatic heterocycles. The summed E-state index contributed by atoms with van der Waals surface area (Å²) in [5.74, 6) is 0.923. The topological polar surface area (TPSA) is 46.3 Å². The summed E-state index contributed by atoms with van der Waals surface area (Å²) in [6.45, 7) is 8.89. The van der Waals surface area contributed by atoms with Gasteiger partial charge in [0.1, 0.15) is 0 Å². The highest BCUT2D eigenvalue weighted by atomic mass is 16.2. The Labute approximate surface area is 112 Å². The molecule has 2 N–H and O–H groups in total. The maximum absolute atomic E-state index is 12.8. The molecule has 0 spiro atoms. The number of carbonyl (C=O) groups is 1. The Morgan fingerprint density at radius 2 is 1.94 bits per heavy atom. The smallest absolute Gasteiger partial charge is 0.228 e. The van der Waals surface area contributed by atoms with Crippen molar-refractivity contribution in [1.82, 2.24) is 4.90 Å². The van der Waals surface area contributed by atoms with Crippen molar-refractivity contribution in [3.05, 3.63) is 0 Å². The Morgan fingerprint density at radius 3 is 2.39 bits per heavy atom. The van der Waals surface area contributed by atoms with Gasteiger partial charge in [-0.1, -0.05) is 33.6 Å². The average Bonchev–Trinajstić information content (AvgIpc) is 2.83. The predicted molar refractivity (Wildman–Crippen MR) is 76.3 cm³/mol. The molecule has 1 rings (SSSR count). The zero-order valence-electron chi connectivity index (χ0n) is 12.4. The molecule has 0 saturated heterocycles. The van der Waals surface area contributed by atoms with Gasteiger partial charge in [0.25, 0.3) is 0 Å². The molecule has 0 atom stereocenters. The first-order valence-electron chi connectivity index (χ1n) is 7.55. The predicted octanol–water partition coefficient (Wildman–Crippen LogP) is 2.79. The van der Waals surface area contributed by atoms with Crippen LogP contribution >= 0.6 is 0 Å². The van der Waals surface area contributed by atoms with Gasteiger partial charge >= 0.3 is 0 Å². The lowest BCUT2D eigenvalue weighted by Gasteiger charge is -2.34. The van der Waals surface area contributed by atoms with Gasteiger partial charge in [-0.3, -0.25) is 4.79 Å². The monoisotopic (exact) mass is 254 g/mol. The maximum atomic E-state index is 12.8. The summed E-state index contributed by atoms with van der Waals surface area (Å²) >= 11 is 0. The molecule has 1 aliphatic carbocycles. The first-order valence-corrected chi connectivity index (χ1v) is 7.55. The molecular formula is C15H30N2O. The van der Waals surface area contributed by atoms with Crippen LogP contribution in [-0.4, -0.2) is 30.4 Å². The van der Waals surface area contributed by atoms with Crippen molar-refractivity contribution in [2.75, 3.05) is 19.6 Å². The van der Waals surface area contributed by atoms with E-state index in [9.17, 15) is 4.79 Å². The molecule has 0 bridgehead atoms. The fourth-order valence-electron chi connectivity index (χ4n) is 3.10. The fraction of sp³-hybridized carbons (Fsp3) is 0.933. The van der Waals surface area contributed by atoms with Gasteiger partial charge in [0.05, 0.1) is 0 Å². The van der Waals surface area contributed by atoms with Crippen molar-refractivity contribution < 1.29 is 4.79 Å². The van der Waals surface area contributed by atoms with Crippen LogP contribution in [0.25, 0.3) is 0 Å². The highest BCUT2D eigenvalue weighted by Crippen LogP contribution is 2.42. The molecule has 1 saturated carbocycles. The second-order valence-corrected chi connectivity index (χ2v) is 6.13. The molecule has 0 unspecified atom stereocenters. The molecule has 0 aromatic heterocycles. The summed E-state index contributed by atoms with van der Waals surface area (Å²) in [4.78, 5) is 14.9. The first kappa shape index (κ1) is 15.5. The van der Waals surface area contributed by atoms with Crippen LogP contribution in [0.5, 0.6) is 0 Å². The van der Waals surface area contributed by atoms with Gasteiger partial charge in [-0.2, -0.15) is 0 Å². The molecule has 1 aliphatic rings. The van der Waals surface area contributed by atoms with Crippen molar-refractivity contribution in [3.8, 4) is 0 Å². The molecule has 0 aromatic carbocycles. The van der Waals surface area contributed by atoms with Gasteiger partial charge in [0.2, 0.25) is 5.91 Å². The van der Waals surface area contributed by atoms with E-state index in [2.05, 4.69) is 25.7 Å². The quantitative estimate of drug-likeness (QED) is 0.759. The van der Waals surface area contributed by atoms with Crippen LogP contribution in [0.3, 0.4) is 0 Å². The third kappa shape index (κ3) is 3.71. The minimum atomic E-state index is -0.0521. The van der Waals surface area contributed by atoms with Gasteiger partial charge in [-0.25, -0.2) is 0 Å². The number of nitrogens with two attached hydrogens (primary N) is 1. The summed E-state index contributed by atoms with van der Waals surface area (Å²) in [5, 5.41) is 0. The van der Waals surface area contributed by atoms with E-state index >= 15 is 0 Å². The molecule has 0 aromatic rings. The minimum absolute atomic E-state index is 0.0521. The first-order chi connectivity index (χ1) is 8.55. The third-order valence-electron chi connectivity index (χ3n) is 4.20. The summed E-state index contributed by atoms with van der Waals surface area (Å²) in [5.41, 5.74) is 5.54. The lowest BCUT2D eigenvalue weighted by atomic mass is 9.81. The molecule has 0 radical (unpaired) electrons. The van der Waals surface area contributed by atoms with Crippen molar-refractivity contribution >= 4 is 5.91 Å². The SMILES string of the molecule is CCC1(C(=O)N(CCCN)CC(C)C)CCCC1. The Kier molecular flexibility index (Phi) is 6.13. The average molecular weight is 254 g/mol. The Hall–Kier alpha value is -0.570. The van der Waals surface area contributed by atoms with Crippen molar-refractivity contribution in [2.45, 2.75) is 59.3 Å². The zero-order chi connectivity index (χ0) is 13.6. The van der Waals surface area contributed by atoms with Crippen LogP contribution in [0.4, 0.5) is 0 Å². The Balaban J connectivity index is 2.72. The molecule has 1 amide bonds. The molecular weight excluding hydrogens is 224 g/mol. The summed E-state index contributed by atoms with van der Waals surface area (Å²) < 4.78 is 0. The molecule has 0 heterocycles. The fourth-order valence-corrected chi connectivity index (χ4v) is 3.10. The number of hydrogen-bond acceptors (Lipinski definition) is 2. The molecule has 1 fully saturated rings. The van der Waals surface area contributed by atoms with E-state index in [-0.39, 0.29) is 5.41 Å². The minimum Gasteiger partial charge on any atom is -0.342 e. The maximum Gasteiger partial charge on any atom is 0.228 e. The normalized spacial score (nSPS) is 18.3. The van der Waals surface area contributed by atoms with Crippen LogP contribution in [0.1, 0.15) is 59.3 Å². The summed E-state index contributed by atoms with van der Waals surface area (Å²) in [6, 6.07) is 0. The van der Waals surface area contributed by atoms with E-state index < -0.39 is 0 Å². The highest BCUT2D eigenvalue weighted by molar-refractivity contribution is 5.83. The Bertz CT molecular complexity index is 257. The highest BCUT2D eigenvalue weighted by Gasteiger charge is 2.41. The Morgan fingerprint density at radius 1 is 1.33 bits per heavy atom. The van der Waals surface area contributed by atoms with Gasteiger partial charge < -0.3 is 10.6 Å². The van der Waals surface area contributed by atoms with Gasteiger partial charge in [-0.05, 0) is 38.1 Å². The second kappa shape index (κ2) is 7.13. The van der Waals surface area contributed by atoms with Gasteiger partial charge in [0.15, 0.2) is 0 Å². The van der Waals surface area contributed by atoms with Crippen molar-refractivity contribution in [1.29, 1.82) is 0 Å². The molecule has 3 nitrogen and oxygen atoms in total. The van der Waals surface area contributed by atoms with E-state index in [0.717, 1.165) is 38.8 Å². The van der Waals surface area contributed by atoms with E-state index in [1.807, 2.05) is 0 Å². The number of nitrogens with zero attached hydrogens (tertiary/aromatic N) is 1. The molecule has 3 heteroatoms. The van der Waals surface area contributed by atoms with Crippen molar-refractivity contribution in [3.63, 3.8) is 0 Å². The number of amides is 1. The van der Waals surface area contributed by atoms with Crippen LogP contribution in [0.2, 0.25) is 0 Å². The number of hydrogen-bond donors (Lipinski definition) is 1. The largest absolute Gasteiger partial charge is 0.342 e. The lowest BCUT2D eigenvalue weighted by molar-refractivity contribution is -0.142. The van der Waals surface area contributed by atoms with E-state index in [0.29, 0.717) is 18.4 Å². The zero-order valence-corrected chi connectivity index (χ0v) is 12.4. The lowest BCUT2D eigenvalue weighted by Crippen LogP contribution is -2.44. The van der Waals surface area contributed by atoms with Gasteiger partial charge in [-0.15, -0.1) is 0 Å². The summed E-state index contributed by atoms with van der Waals surface area (Å²) in [7, 11) is 0. The standard InChI is InChI=1S/C15H30N2O/c1-4-15(8-5-6-9-15)14(18)17(11-7-10-16)12-13(2)3/h13H,4-12,16H2,1-3H3.